The molecular formula is C22H25FN4O. The van der Waals surface area contributed by atoms with Gasteiger partial charge in [-0.05, 0) is 49.2 Å². The van der Waals surface area contributed by atoms with Crippen molar-refractivity contribution in [1.29, 1.82) is 0 Å². The summed E-state index contributed by atoms with van der Waals surface area (Å²) < 4.78 is 13.2. The fourth-order valence-corrected chi connectivity index (χ4v) is 4.01. The van der Waals surface area contributed by atoms with Crippen LogP contribution in [-0.4, -0.2) is 35.9 Å². The van der Waals surface area contributed by atoms with E-state index in [0.717, 1.165) is 28.6 Å². The number of hydrogen-bond acceptors (Lipinski definition) is 3. The van der Waals surface area contributed by atoms with Crippen molar-refractivity contribution < 1.29 is 9.18 Å². The Morgan fingerprint density at radius 2 is 1.93 bits per heavy atom. The summed E-state index contributed by atoms with van der Waals surface area (Å²) in [6, 6.07) is 12.7. The first-order valence-electron chi connectivity index (χ1n) is 9.52. The predicted molar refractivity (Wildman–Crippen MR) is 109 cm³/mol. The smallest absolute Gasteiger partial charge is 0.270 e. The molecule has 1 aromatic heterocycles. The normalized spacial score (nSPS) is 19.3. The summed E-state index contributed by atoms with van der Waals surface area (Å²) in [6.07, 6.45) is 0. The number of aryl methyl sites for hydroxylation is 2. The van der Waals surface area contributed by atoms with Crippen molar-refractivity contribution in [3.8, 4) is 0 Å². The van der Waals surface area contributed by atoms with Crippen LogP contribution < -0.4 is 10.9 Å². The van der Waals surface area contributed by atoms with Crippen LogP contribution in [0, 0.1) is 25.6 Å². The van der Waals surface area contributed by atoms with Crippen LogP contribution >= 0.6 is 0 Å². The molecule has 3 N–H and O–H groups in total. The molecule has 4 rings (SSSR count). The Morgan fingerprint density at radius 1 is 1.18 bits per heavy atom. The number of hydrogen-bond donors (Lipinski definition) is 3. The van der Waals surface area contributed by atoms with Gasteiger partial charge in [0.15, 0.2) is 0 Å². The highest BCUT2D eigenvalue weighted by atomic mass is 19.1. The van der Waals surface area contributed by atoms with Crippen LogP contribution in [-0.2, 0) is 0 Å². The standard InChI is InChI=1S/C22H25FN4O/c1-13-4-9-19-18(10-13)14(2)20(25-19)22(28)27(3)12-16-11-24-26-21(16)15-5-7-17(23)8-6-15/h4-10,16,21,24-26H,11-12H2,1-3H3. The SMILES string of the molecule is Cc1ccc2[nH]c(C(=O)N(C)CC3CNNC3c3ccc(F)cc3)c(C)c2c1. The molecule has 2 atom stereocenters. The molecule has 2 aromatic carbocycles. The molecule has 1 saturated heterocycles. The first-order valence-corrected chi connectivity index (χ1v) is 9.52. The third kappa shape index (κ3) is 3.41. The number of nitrogens with zero attached hydrogens (tertiary/aromatic N) is 1. The van der Waals surface area contributed by atoms with E-state index in [-0.39, 0.29) is 23.7 Å². The molecule has 3 aromatic rings. The predicted octanol–water partition coefficient (Wildman–Crippen LogP) is 3.46. The first kappa shape index (κ1) is 18.7. The van der Waals surface area contributed by atoms with Gasteiger partial charge in [-0.25, -0.2) is 9.82 Å². The molecule has 2 heterocycles. The molecule has 28 heavy (non-hydrogen) atoms. The van der Waals surface area contributed by atoms with Crippen molar-refractivity contribution in [2.24, 2.45) is 5.92 Å². The largest absolute Gasteiger partial charge is 0.350 e. The lowest BCUT2D eigenvalue weighted by Gasteiger charge is -2.25. The Balaban J connectivity index is 1.53. The molecule has 1 aliphatic heterocycles. The number of amides is 1. The zero-order valence-corrected chi connectivity index (χ0v) is 16.3. The molecule has 5 nitrogen and oxygen atoms in total. The van der Waals surface area contributed by atoms with Gasteiger partial charge in [-0.2, -0.15) is 0 Å². The number of rotatable bonds is 4. The summed E-state index contributed by atoms with van der Waals surface area (Å²) in [6.45, 7) is 5.37. The van der Waals surface area contributed by atoms with Crippen LogP contribution in [0.4, 0.5) is 4.39 Å². The van der Waals surface area contributed by atoms with E-state index in [1.807, 2.05) is 26.1 Å². The number of hydrazine groups is 1. The van der Waals surface area contributed by atoms with Crippen LogP contribution in [0.25, 0.3) is 10.9 Å². The second-order valence-electron chi connectivity index (χ2n) is 7.67. The highest BCUT2D eigenvalue weighted by Gasteiger charge is 2.31. The number of H-pyrrole nitrogens is 1. The monoisotopic (exact) mass is 380 g/mol. The summed E-state index contributed by atoms with van der Waals surface area (Å²) in [5.41, 5.74) is 11.2. The van der Waals surface area contributed by atoms with Crippen LogP contribution in [0.5, 0.6) is 0 Å². The number of aromatic nitrogens is 1. The molecule has 1 aliphatic rings. The maximum Gasteiger partial charge on any atom is 0.270 e. The maximum atomic E-state index is 13.2. The molecule has 0 radical (unpaired) electrons. The van der Waals surface area contributed by atoms with Gasteiger partial charge < -0.3 is 9.88 Å². The van der Waals surface area contributed by atoms with E-state index in [1.54, 1.807) is 17.0 Å². The summed E-state index contributed by atoms with van der Waals surface area (Å²) in [4.78, 5) is 18.1. The van der Waals surface area contributed by atoms with Crippen molar-refractivity contribution in [2.75, 3.05) is 20.1 Å². The average molecular weight is 380 g/mol. The minimum absolute atomic E-state index is 0.0175. The molecule has 1 amide bonds. The lowest BCUT2D eigenvalue weighted by atomic mass is 9.94. The highest BCUT2D eigenvalue weighted by molar-refractivity contribution is 6.00. The van der Waals surface area contributed by atoms with E-state index in [0.29, 0.717) is 12.2 Å². The minimum atomic E-state index is -0.247. The lowest BCUT2D eigenvalue weighted by Crippen LogP contribution is -2.35. The second kappa shape index (κ2) is 7.37. The van der Waals surface area contributed by atoms with Gasteiger partial charge in [-0.1, -0.05) is 23.8 Å². The van der Waals surface area contributed by atoms with Gasteiger partial charge in [-0.15, -0.1) is 0 Å². The average Bonchev–Trinajstić information content (AvgIpc) is 3.26. The van der Waals surface area contributed by atoms with Gasteiger partial charge in [0.2, 0.25) is 0 Å². The van der Waals surface area contributed by atoms with Gasteiger partial charge in [0, 0.05) is 37.0 Å². The van der Waals surface area contributed by atoms with Crippen molar-refractivity contribution >= 4 is 16.8 Å². The summed E-state index contributed by atoms with van der Waals surface area (Å²) in [5, 5.41) is 1.09. The zero-order valence-electron chi connectivity index (χ0n) is 16.3. The van der Waals surface area contributed by atoms with Crippen LogP contribution in [0.1, 0.15) is 33.2 Å². The minimum Gasteiger partial charge on any atom is -0.350 e. The van der Waals surface area contributed by atoms with Crippen LogP contribution in [0.2, 0.25) is 0 Å². The summed E-state index contributed by atoms with van der Waals surface area (Å²) >= 11 is 0. The topological polar surface area (TPSA) is 60.2 Å². The Morgan fingerprint density at radius 3 is 2.68 bits per heavy atom. The van der Waals surface area contributed by atoms with Gasteiger partial charge >= 0.3 is 0 Å². The Bertz CT molecular complexity index is 1010. The number of aromatic amines is 1. The molecule has 0 spiro atoms. The number of nitrogens with one attached hydrogen (secondary N) is 3. The molecule has 2 unspecified atom stereocenters. The fourth-order valence-electron chi connectivity index (χ4n) is 4.01. The number of carbonyl (C=O) groups excluding carboxylic acids is 1. The molecule has 0 aliphatic carbocycles. The van der Waals surface area contributed by atoms with E-state index in [9.17, 15) is 9.18 Å². The number of fused-ring (bicyclic) bond motifs is 1. The van der Waals surface area contributed by atoms with E-state index < -0.39 is 0 Å². The second-order valence-corrected chi connectivity index (χ2v) is 7.67. The van der Waals surface area contributed by atoms with E-state index in [1.165, 1.54) is 17.7 Å². The fraction of sp³-hybridized carbons (Fsp3) is 0.318. The van der Waals surface area contributed by atoms with Gasteiger partial charge in [0.1, 0.15) is 11.5 Å². The highest BCUT2D eigenvalue weighted by Crippen LogP contribution is 2.27. The van der Waals surface area contributed by atoms with Crippen LogP contribution in [0.3, 0.4) is 0 Å². The van der Waals surface area contributed by atoms with Gasteiger partial charge in [0.05, 0.1) is 6.04 Å². The first-order chi connectivity index (χ1) is 13.4. The summed E-state index contributed by atoms with van der Waals surface area (Å²) in [7, 11) is 1.83. The lowest BCUT2D eigenvalue weighted by molar-refractivity contribution is 0.0766. The molecule has 0 bridgehead atoms. The van der Waals surface area contributed by atoms with Crippen molar-refractivity contribution in [2.45, 2.75) is 19.9 Å². The zero-order chi connectivity index (χ0) is 19.8. The Hall–Kier alpha value is -2.70. The summed E-state index contributed by atoms with van der Waals surface area (Å²) in [5.74, 6) is -0.0782. The van der Waals surface area contributed by atoms with Crippen molar-refractivity contribution in [3.63, 3.8) is 0 Å². The molecule has 146 valence electrons. The Labute approximate surface area is 163 Å². The number of halogens is 1. The van der Waals surface area contributed by atoms with E-state index in [2.05, 4.69) is 28.8 Å². The van der Waals surface area contributed by atoms with Crippen molar-refractivity contribution in [3.05, 3.63) is 70.7 Å². The molecule has 1 fully saturated rings. The van der Waals surface area contributed by atoms with Crippen molar-refractivity contribution in [1.82, 2.24) is 20.7 Å². The molecule has 0 saturated carbocycles. The van der Waals surface area contributed by atoms with Gasteiger partial charge in [-0.3, -0.25) is 10.2 Å². The number of carbonyl (C=O) groups is 1. The maximum absolute atomic E-state index is 13.2. The van der Waals surface area contributed by atoms with E-state index in [4.69, 9.17) is 0 Å². The Kier molecular flexibility index (Phi) is 4.91. The third-order valence-electron chi connectivity index (χ3n) is 5.61. The third-order valence-corrected chi connectivity index (χ3v) is 5.61. The van der Waals surface area contributed by atoms with Gasteiger partial charge in [0.25, 0.3) is 5.91 Å². The number of benzene rings is 2. The quantitative estimate of drug-likeness (QED) is 0.650. The molecule has 6 heteroatoms. The van der Waals surface area contributed by atoms with E-state index >= 15 is 0 Å². The molecular weight excluding hydrogens is 355 g/mol. The van der Waals surface area contributed by atoms with Crippen LogP contribution in [0.15, 0.2) is 42.5 Å².